The van der Waals surface area contributed by atoms with Gasteiger partial charge in [-0.15, -0.1) is 0 Å². The van der Waals surface area contributed by atoms with Crippen molar-refractivity contribution in [3.05, 3.63) is 83.9 Å². The first-order valence-corrected chi connectivity index (χ1v) is 12.2. The summed E-state index contributed by atoms with van der Waals surface area (Å²) >= 11 is 0. The van der Waals surface area contributed by atoms with Gasteiger partial charge in [-0.25, -0.2) is 8.42 Å². The number of hydrogen-bond donors (Lipinski definition) is 1. The number of carbonyl (C=O) groups is 1. The number of nitrogens with zero attached hydrogens (tertiary/aromatic N) is 3. The van der Waals surface area contributed by atoms with Gasteiger partial charge in [0.15, 0.2) is 5.76 Å². The van der Waals surface area contributed by atoms with Crippen LogP contribution in [0.2, 0.25) is 0 Å². The minimum absolute atomic E-state index is 0.150. The molecule has 0 bridgehead atoms. The highest BCUT2D eigenvalue weighted by Gasteiger charge is 2.22. The molecule has 0 saturated heterocycles. The summed E-state index contributed by atoms with van der Waals surface area (Å²) in [6.07, 6.45) is 1.84. The molecule has 9 nitrogen and oxygen atoms in total. The van der Waals surface area contributed by atoms with E-state index in [1.807, 2.05) is 12.1 Å². The van der Waals surface area contributed by atoms with Crippen molar-refractivity contribution in [1.82, 2.24) is 14.4 Å². The van der Waals surface area contributed by atoms with Crippen molar-refractivity contribution in [2.24, 2.45) is 0 Å². The molecule has 0 saturated carbocycles. The fraction of sp³-hybridized carbons (Fsp3) is 0.208. The van der Waals surface area contributed by atoms with Crippen LogP contribution in [0.3, 0.4) is 0 Å². The van der Waals surface area contributed by atoms with Crippen LogP contribution in [0, 0.1) is 0 Å². The number of amides is 1. The van der Waals surface area contributed by atoms with Gasteiger partial charge in [-0.1, -0.05) is 37.2 Å². The maximum absolute atomic E-state index is 12.9. The third kappa shape index (κ3) is 4.92. The Morgan fingerprint density at radius 3 is 2.41 bits per heavy atom. The molecule has 4 aromatic rings. The summed E-state index contributed by atoms with van der Waals surface area (Å²) in [5, 5.41) is 6.80. The molecule has 0 aliphatic carbocycles. The molecule has 0 aliphatic rings. The van der Waals surface area contributed by atoms with Crippen molar-refractivity contribution in [3.8, 4) is 11.6 Å². The highest BCUT2D eigenvalue weighted by atomic mass is 32.2. The number of anilines is 1. The minimum atomic E-state index is -3.59. The molecule has 0 aliphatic heterocycles. The Hall–Kier alpha value is -3.76. The van der Waals surface area contributed by atoms with Crippen molar-refractivity contribution in [2.45, 2.75) is 25.2 Å². The first-order chi connectivity index (χ1) is 16.4. The first-order valence-electron chi connectivity index (χ1n) is 10.8. The van der Waals surface area contributed by atoms with Crippen LogP contribution < -0.4 is 5.32 Å². The highest BCUT2D eigenvalue weighted by molar-refractivity contribution is 7.89. The number of aromatic nitrogens is 2. The molecule has 176 valence electrons. The molecule has 2 aromatic heterocycles. The number of hydrogen-bond acceptors (Lipinski definition) is 7. The summed E-state index contributed by atoms with van der Waals surface area (Å²) in [6, 6.07) is 16.7. The third-order valence-corrected chi connectivity index (χ3v) is 7.34. The Morgan fingerprint density at radius 2 is 1.74 bits per heavy atom. The van der Waals surface area contributed by atoms with E-state index >= 15 is 0 Å². The largest absolute Gasteiger partial charge is 0.461 e. The smallest absolute Gasteiger partial charge is 0.255 e. The normalized spacial score (nSPS) is 11.6. The minimum Gasteiger partial charge on any atom is -0.461 e. The molecule has 0 fully saturated rings. The Labute approximate surface area is 197 Å². The zero-order valence-corrected chi connectivity index (χ0v) is 19.6. The molecule has 2 heterocycles. The van der Waals surface area contributed by atoms with Crippen LogP contribution in [0.1, 0.15) is 35.7 Å². The van der Waals surface area contributed by atoms with Gasteiger partial charge in [-0.3, -0.25) is 4.79 Å². The standard InChI is InChI=1S/C24H24N4O5S/c1-3-28(4-2)34(30,31)19-13-11-17(12-14-19)24(29)25-20-9-6-5-8-18(20)16-22-26-23(27-33-22)21-10-7-15-32-21/h5-15H,3-4,16H2,1-2H3,(H,25,29). The molecular weight excluding hydrogens is 456 g/mol. The van der Waals surface area contributed by atoms with Gasteiger partial charge < -0.3 is 14.3 Å². The lowest BCUT2D eigenvalue weighted by Crippen LogP contribution is -2.30. The van der Waals surface area contributed by atoms with Gasteiger partial charge in [0.2, 0.25) is 21.7 Å². The Kier molecular flexibility index (Phi) is 6.90. The molecule has 0 spiro atoms. The zero-order valence-electron chi connectivity index (χ0n) is 18.8. The lowest BCUT2D eigenvalue weighted by Gasteiger charge is -2.18. The van der Waals surface area contributed by atoms with Crippen LogP contribution in [-0.4, -0.2) is 41.9 Å². The molecule has 0 atom stereocenters. The van der Waals surface area contributed by atoms with Crippen molar-refractivity contribution in [3.63, 3.8) is 0 Å². The van der Waals surface area contributed by atoms with E-state index in [-0.39, 0.29) is 10.8 Å². The molecule has 0 radical (unpaired) electrons. The van der Waals surface area contributed by atoms with Crippen molar-refractivity contribution in [1.29, 1.82) is 0 Å². The van der Waals surface area contributed by atoms with E-state index in [2.05, 4.69) is 15.5 Å². The highest BCUT2D eigenvalue weighted by Crippen LogP contribution is 2.22. The van der Waals surface area contributed by atoms with Crippen LogP contribution in [0.4, 0.5) is 5.69 Å². The van der Waals surface area contributed by atoms with Crippen LogP contribution >= 0.6 is 0 Å². The second-order valence-electron chi connectivity index (χ2n) is 7.39. The number of nitrogens with one attached hydrogen (secondary N) is 1. The summed E-state index contributed by atoms with van der Waals surface area (Å²) in [6.45, 7) is 4.32. The second kappa shape index (κ2) is 10.0. The van der Waals surface area contributed by atoms with Crippen molar-refractivity contribution < 1.29 is 22.2 Å². The third-order valence-electron chi connectivity index (χ3n) is 5.28. The predicted molar refractivity (Wildman–Crippen MR) is 126 cm³/mol. The molecule has 4 rings (SSSR count). The molecule has 10 heteroatoms. The predicted octanol–water partition coefficient (Wildman–Crippen LogP) is 4.20. The van der Waals surface area contributed by atoms with Crippen molar-refractivity contribution >= 4 is 21.6 Å². The Bertz CT molecular complexity index is 1360. The van der Waals surface area contributed by atoms with Gasteiger partial charge in [0.05, 0.1) is 17.6 Å². The van der Waals surface area contributed by atoms with E-state index in [9.17, 15) is 13.2 Å². The lowest BCUT2D eigenvalue weighted by atomic mass is 10.1. The fourth-order valence-electron chi connectivity index (χ4n) is 3.48. The number of carbonyl (C=O) groups excluding carboxylic acids is 1. The number of para-hydroxylation sites is 1. The Morgan fingerprint density at radius 1 is 1.00 bits per heavy atom. The van der Waals surface area contributed by atoms with E-state index in [1.165, 1.54) is 34.8 Å². The van der Waals surface area contributed by atoms with Gasteiger partial charge in [0.25, 0.3) is 5.91 Å². The molecular formula is C24H24N4O5S. The van der Waals surface area contributed by atoms with Gasteiger partial charge in [-0.2, -0.15) is 9.29 Å². The first kappa shape index (κ1) is 23.4. The molecule has 34 heavy (non-hydrogen) atoms. The number of rotatable bonds is 9. The summed E-state index contributed by atoms with van der Waals surface area (Å²) in [5.74, 6) is 0.865. The van der Waals surface area contributed by atoms with Gasteiger partial charge in [-0.05, 0) is 48.0 Å². The monoisotopic (exact) mass is 480 g/mol. The summed E-state index contributed by atoms with van der Waals surface area (Å²) in [7, 11) is -3.59. The van der Waals surface area contributed by atoms with E-state index < -0.39 is 10.0 Å². The average Bonchev–Trinajstić information content (AvgIpc) is 3.53. The SMILES string of the molecule is CCN(CC)S(=O)(=O)c1ccc(C(=O)Nc2ccccc2Cc2nc(-c3ccco3)no2)cc1. The average molecular weight is 481 g/mol. The number of furan rings is 1. The van der Waals surface area contributed by atoms with Crippen molar-refractivity contribution in [2.75, 3.05) is 18.4 Å². The van der Waals surface area contributed by atoms with E-state index in [4.69, 9.17) is 8.94 Å². The lowest BCUT2D eigenvalue weighted by molar-refractivity contribution is 0.102. The van der Waals surface area contributed by atoms with E-state index in [0.29, 0.717) is 48.2 Å². The maximum Gasteiger partial charge on any atom is 0.255 e. The van der Waals surface area contributed by atoms with Crippen LogP contribution in [-0.2, 0) is 16.4 Å². The topological polar surface area (TPSA) is 119 Å². The number of sulfonamides is 1. The summed E-state index contributed by atoms with van der Waals surface area (Å²) < 4.78 is 37.3. The van der Waals surface area contributed by atoms with E-state index in [1.54, 1.807) is 38.1 Å². The quantitative estimate of drug-likeness (QED) is 0.381. The van der Waals surface area contributed by atoms with E-state index in [0.717, 1.165) is 5.56 Å². The summed E-state index contributed by atoms with van der Waals surface area (Å²) in [4.78, 5) is 17.3. The van der Waals surface area contributed by atoms with Gasteiger partial charge >= 0.3 is 0 Å². The zero-order chi connectivity index (χ0) is 24.1. The maximum atomic E-state index is 12.9. The summed E-state index contributed by atoms with van der Waals surface area (Å²) in [5.41, 5.74) is 1.71. The molecule has 1 N–H and O–H groups in total. The van der Waals surface area contributed by atoms with Gasteiger partial charge in [0, 0.05) is 24.3 Å². The fourth-order valence-corrected chi connectivity index (χ4v) is 4.94. The Balaban J connectivity index is 1.49. The second-order valence-corrected chi connectivity index (χ2v) is 9.33. The molecule has 0 unspecified atom stereocenters. The number of benzene rings is 2. The van der Waals surface area contributed by atoms with Crippen LogP contribution in [0.5, 0.6) is 0 Å². The molecule has 1 amide bonds. The molecule has 2 aromatic carbocycles. The van der Waals surface area contributed by atoms with Crippen LogP contribution in [0.25, 0.3) is 11.6 Å². The van der Waals surface area contributed by atoms with Crippen LogP contribution in [0.15, 0.2) is 80.8 Å². The van der Waals surface area contributed by atoms with Gasteiger partial charge in [0.1, 0.15) is 0 Å².